The largest absolute Gasteiger partial charge is 0.496 e. The third-order valence-electron chi connectivity index (χ3n) is 13.3. The fourth-order valence-electron chi connectivity index (χ4n) is 10.3. The van der Waals surface area contributed by atoms with Crippen molar-refractivity contribution < 1.29 is 56.8 Å². The molecule has 0 aromatic heterocycles. The molecule has 0 fully saturated rings. The highest BCUT2D eigenvalue weighted by Gasteiger charge is 2.26. The molecule has 0 N–H and O–H groups in total. The van der Waals surface area contributed by atoms with E-state index in [1.54, 1.807) is 85.3 Å². The third kappa shape index (κ3) is 11.7. The average Bonchev–Trinajstić information content (AvgIpc) is 3.41. The van der Waals surface area contributed by atoms with Crippen LogP contribution in [0.25, 0.3) is 43.1 Å². The Hall–Kier alpha value is -5.86. The van der Waals surface area contributed by atoms with Gasteiger partial charge in [0.2, 0.25) is 0 Å². The zero-order chi connectivity index (χ0) is 55.1. The van der Waals surface area contributed by atoms with Crippen LogP contribution >= 0.6 is 69.6 Å². The van der Waals surface area contributed by atoms with E-state index in [4.69, 9.17) is 126 Å². The highest BCUT2D eigenvalue weighted by atomic mass is 35.6. The van der Waals surface area contributed by atoms with Crippen LogP contribution in [0.15, 0.2) is 72.8 Å². The minimum atomic E-state index is -0.750. The number of rotatable bonds is 12. The normalized spacial score (nSPS) is 11.8. The van der Waals surface area contributed by atoms with Crippen LogP contribution in [0.4, 0.5) is 0 Å². The quantitative estimate of drug-likeness (QED) is 0.0858. The van der Waals surface area contributed by atoms with Crippen LogP contribution < -0.4 is 56.8 Å². The van der Waals surface area contributed by atoms with Gasteiger partial charge in [0, 0.05) is 103 Å². The van der Waals surface area contributed by atoms with Crippen molar-refractivity contribution in [1.82, 2.24) is 0 Å². The molecule has 0 unspecified atom stereocenters. The maximum atomic E-state index is 6.34. The summed E-state index contributed by atoms with van der Waals surface area (Å²) in [5.74, 6) is 8.08. The van der Waals surface area contributed by atoms with Crippen molar-refractivity contribution >= 4 is 113 Å². The van der Waals surface area contributed by atoms with Crippen molar-refractivity contribution in [3.63, 3.8) is 0 Å². The van der Waals surface area contributed by atoms with Gasteiger partial charge in [-0.05, 0) is 82.9 Å². The van der Waals surface area contributed by atoms with Gasteiger partial charge in [0.05, 0.1) is 85.3 Å². The van der Waals surface area contributed by atoms with Crippen molar-refractivity contribution in [2.45, 2.75) is 34.3 Å². The molecule has 0 atom stereocenters. The Labute approximate surface area is 472 Å². The number of hydrogen-bond donors (Lipinski definition) is 0. The first-order valence-corrected chi connectivity index (χ1v) is 26.0. The summed E-state index contributed by atoms with van der Waals surface area (Å²) < 4.78 is 72.7. The fraction of sp³-hybridized carbons (Fsp3) is 0.310. The topological polar surface area (TPSA) is 111 Å². The van der Waals surface area contributed by atoms with Crippen molar-refractivity contribution in [3.05, 3.63) is 117 Å². The zero-order valence-electron chi connectivity index (χ0n) is 44.1. The molecule has 76 heavy (non-hydrogen) atoms. The molecule has 404 valence electrons. The summed E-state index contributed by atoms with van der Waals surface area (Å²) in [7, 11) is 20.1. The van der Waals surface area contributed by atoms with E-state index in [9.17, 15) is 0 Å². The summed E-state index contributed by atoms with van der Waals surface area (Å²) in [4.78, 5) is 0. The lowest BCUT2D eigenvalue weighted by atomic mass is 9.90. The predicted octanol–water partition coefficient (Wildman–Crippen LogP) is 15.1. The molecule has 18 heteroatoms. The molecular weight excluding hydrogens is 1100 g/mol. The van der Waals surface area contributed by atoms with Gasteiger partial charge in [0.25, 0.3) is 0 Å². The Bertz CT molecular complexity index is 2990. The second-order valence-corrected chi connectivity index (χ2v) is 21.1. The van der Waals surface area contributed by atoms with Gasteiger partial charge in [-0.15, -0.1) is 0 Å². The molecule has 0 saturated heterocycles. The summed E-state index contributed by atoms with van der Waals surface area (Å²) >= 11 is 28.8. The lowest BCUT2D eigenvalue weighted by molar-refractivity contribution is 0.387. The summed E-state index contributed by atoms with van der Waals surface area (Å²) in [6.45, 7) is 0. The molecule has 1 aliphatic carbocycles. The second-order valence-electron chi connectivity index (χ2n) is 17.1. The molecule has 0 radical (unpaired) electrons. The van der Waals surface area contributed by atoms with Gasteiger partial charge in [0.15, 0.2) is 8.59 Å². The zero-order valence-corrected chi connectivity index (χ0v) is 48.6. The molecule has 0 spiro atoms. The van der Waals surface area contributed by atoms with Gasteiger partial charge in [-0.1, -0.05) is 69.6 Å². The Morgan fingerprint density at radius 3 is 0.579 bits per heavy atom. The lowest BCUT2D eigenvalue weighted by Crippen LogP contribution is -2.05. The van der Waals surface area contributed by atoms with Gasteiger partial charge >= 0.3 is 0 Å². The van der Waals surface area contributed by atoms with E-state index >= 15 is 0 Å². The first-order chi connectivity index (χ1) is 36.6. The number of halogens is 6. The first-order valence-electron chi connectivity index (χ1n) is 23.4. The van der Waals surface area contributed by atoms with Crippen LogP contribution in [0.5, 0.6) is 69.0 Å². The molecule has 12 nitrogen and oxygen atoms in total. The Balaban J connectivity index is 0.000000982. The minimum Gasteiger partial charge on any atom is -0.496 e. The van der Waals surface area contributed by atoms with E-state index < -0.39 is 8.59 Å². The van der Waals surface area contributed by atoms with Crippen molar-refractivity contribution in [3.8, 4) is 69.0 Å². The second kappa shape index (κ2) is 25.5. The van der Waals surface area contributed by atoms with E-state index in [-0.39, 0.29) is 0 Å². The number of alkyl halides is 6. The van der Waals surface area contributed by atoms with Crippen molar-refractivity contribution in [2.75, 3.05) is 85.3 Å². The van der Waals surface area contributed by atoms with Gasteiger partial charge in [-0.3, -0.25) is 0 Å². The van der Waals surface area contributed by atoms with Crippen molar-refractivity contribution in [1.29, 1.82) is 0 Å². The molecule has 9 rings (SSSR count). The molecular formula is C58H58Cl6O12. The summed E-state index contributed by atoms with van der Waals surface area (Å²) in [5.41, 5.74) is 7.20. The number of ether oxygens (including phenoxy) is 12. The first kappa shape index (κ1) is 57.8. The number of fused-ring (bicyclic) bond motifs is 8. The highest BCUT2D eigenvalue weighted by molar-refractivity contribution is 6.63. The Morgan fingerprint density at radius 2 is 0.408 bits per heavy atom. The van der Waals surface area contributed by atoms with Gasteiger partial charge < -0.3 is 56.8 Å². The molecule has 8 aromatic carbocycles. The molecule has 12 bridgehead atoms. The van der Waals surface area contributed by atoms with Crippen LogP contribution in [0.2, 0.25) is 0 Å². The molecule has 0 aliphatic heterocycles. The third-order valence-corrected chi connectivity index (χ3v) is 13.3. The van der Waals surface area contributed by atoms with Crippen LogP contribution in [-0.2, 0) is 25.7 Å². The van der Waals surface area contributed by atoms with Crippen molar-refractivity contribution in [2.24, 2.45) is 0 Å². The highest BCUT2D eigenvalue weighted by Crippen LogP contribution is 2.49. The minimum absolute atomic E-state index is 0.432. The number of hydrogen-bond acceptors (Lipinski definition) is 12. The maximum Gasteiger partial charge on any atom is 0.180 e. The fourth-order valence-corrected chi connectivity index (χ4v) is 10.3. The maximum absolute atomic E-state index is 6.34. The molecule has 0 heterocycles. The number of benzene rings is 8. The van der Waals surface area contributed by atoms with Crippen LogP contribution in [0, 0.1) is 0 Å². The van der Waals surface area contributed by atoms with E-state index in [2.05, 4.69) is 36.4 Å². The Morgan fingerprint density at radius 1 is 0.224 bits per heavy atom. The van der Waals surface area contributed by atoms with Gasteiger partial charge in [0.1, 0.15) is 69.0 Å². The monoisotopic (exact) mass is 1160 g/mol. The van der Waals surface area contributed by atoms with E-state index in [0.717, 1.165) is 87.6 Å². The lowest BCUT2D eigenvalue weighted by Gasteiger charge is -2.22. The predicted molar refractivity (Wildman–Crippen MR) is 308 cm³/mol. The summed E-state index contributed by atoms with van der Waals surface area (Å²) in [5, 5.41) is 6.77. The van der Waals surface area contributed by atoms with Gasteiger partial charge in [-0.2, -0.15) is 0 Å². The van der Waals surface area contributed by atoms with Crippen LogP contribution in [0.1, 0.15) is 44.5 Å². The van der Waals surface area contributed by atoms with Crippen LogP contribution in [-0.4, -0.2) is 93.9 Å². The van der Waals surface area contributed by atoms with E-state index in [0.29, 0.717) is 94.7 Å². The summed E-state index contributed by atoms with van der Waals surface area (Å²) in [6.07, 6.45) is 1.73. The smallest absolute Gasteiger partial charge is 0.180 e. The average molecular weight is 1160 g/mol. The molecule has 0 saturated carbocycles. The van der Waals surface area contributed by atoms with E-state index in [1.165, 1.54) is 0 Å². The molecule has 1 aliphatic rings. The van der Waals surface area contributed by atoms with Crippen LogP contribution in [0.3, 0.4) is 0 Å². The molecule has 0 amide bonds. The van der Waals surface area contributed by atoms with Gasteiger partial charge in [-0.25, -0.2) is 0 Å². The summed E-state index contributed by atoms with van der Waals surface area (Å²) in [6, 6.07) is 24.6. The SMILES string of the molecule is COc1cc(OC)c2cc1Cc1cc(OC)c3cc4c(OC)cc(c(OC)c4cc3c1OC)Cc1cc(c(OC)cc1OC)Cc1cc(OC)c3cc4c(OC)cc(c(OC)c4cc3c1OC)C2.ClC(Cl)Cl.ClC(Cl)Cl. The molecule has 8 aromatic rings. The van der Waals surface area contributed by atoms with E-state index in [1.807, 2.05) is 36.4 Å². The Kier molecular flexibility index (Phi) is 19.4. The number of methoxy groups -OCH3 is 12. The standard InChI is InChI=1S/C56H56O12.2CHCl3/c1-57-45-27-46(58-2)30-13-29(45)15-33-19-49(61-5)37-23-38-42(25-41(37)53(33)65-9)55(67-11)35(21-51(38)63-7)17-31-14-32(48(60-4)28-47(31)59-3)18-36-22-52(64-8)40-24-39-43(26-44(40)56(36)68-12)54(66-10)34(16-30)20-50(39)62-6;2*2-1(3)4/h13-14,19-28H,15-18H2,1-12H3;2*1H.